The second-order valence-corrected chi connectivity index (χ2v) is 5.52. The summed E-state index contributed by atoms with van der Waals surface area (Å²) in [6, 6.07) is 1.23. The Hall–Kier alpha value is -1.21. The number of ether oxygens (including phenoxy) is 1. The van der Waals surface area contributed by atoms with E-state index in [0.29, 0.717) is 28.7 Å². The van der Waals surface area contributed by atoms with Gasteiger partial charge in [0.05, 0.1) is 6.61 Å². The number of fused-ring (bicyclic) bond motifs is 1. The molecule has 0 amide bonds. The summed E-state index contributed by atoms with van der Waals surface area (Å²) in [6.07, 6.45) is 1.98. The van der Waals surface area contributed by atoms with E-state index in [0.717, 1.165) is 5.75 Å². The molecule has 0 aliphatic rings. The van der Waals surface area contributed by atoms with E-state index in [1.807, 2.05) is 13.2 Å². The number of hydrogen-bond donors (Lipinski definition) is 1. The Labute approximate surface area is 112 Å². The quantitative estimate of drug-likeness (QED) is 0.910. The minimum atomic E-state index is -0.234. The predicted molar refractivity (Wildman–Crippen MR) is 75.1 cm³/mol. The first-order valence-electron chi connectivity index (χ1n) is 5.52. The van der Waals surface area contributed by atoms with E-state index in [1.54, 1.807) is 16.3 Å². The first-order valence-corrected chi connectivity index (χ1v) is 7.73. The zero-order valence-corrected chi connectivity index (χ0v) is 11.8. The molecule has 0 saturated heterocycles. The topological polar surface area (TPSA) is 64.3 Å². The average molecular weight is 286 g/mol. The Balaban J connectivity index is 2.57. The molecule has 0 spiro atoms. The smallest absolute Gasteiger partial charge is 0.275 e. The number of nitrogens with zero attached hydrogens (tertiary/aromatic N) is 2. The highest BCUT2D eigenvalue weighted by Crippen LogP contribution is 2.32. The van der Waals surface area contributed by atoms with Crippen LogP contribution in [0.25, 0.3) is 10.3 Å². The third-order valence-corrected chi connectivity index (χ3v) is 3.96. The van der Waals surface area contributed by atoms with E-state index >= 15 is 0 Å². The van der Waals surface area contributed by atoms with Crippen LogP contribution in [0.4, 0.5) is 0 Å². The molecule has 2 rings (SSSR count). The van der Waals surface area contributed by atoms with Gasteiger partial charge in [-0.25, -0.2) is 0 Å². The van der Waals surface area contributed by atoms with E-state index in [4.69, 9.17) is 4.74 Å². The maximum absolute atomic E-state index is 11.8. The van der Waals surface area contributed by atoms with Crippen molar-refractivity contribution in [1.29, 1.82) is 0 Å². The molecule has 18 heavy (non-hydrogen) atoms. The van der Waals surface area contributed by atoms with E-state index in [-0.39, 0.29) is 11.3 Å². The lowest BCUT2D eigenvalue weighted by Crippen LogP contribution is -2.20. The average Bonchev–Trinajstić information content (AvgIpc) is 2.73. The summed E-state index contributed by atoms with van der Waals surface area (Å²) in [5, 5.41) is 10.3. The number of thiazole rings is 1. The molecule has 2 aromatic rings. The van der Waals surface area contributed by atoms with Gasteiger partial charge in [-0.05, 0) is 13.2 Å². The summed E-state index contributed by atoms with van der Waals surface area (Å²) in [5.41, 5.74) is 0.268. The van der Waals surface area contributed by atoms with Crippen LogP contribution in [-0.4, -0.2) is 33.3 Å². The molecular formula is C11H14N2O3S2. The van der Waals surface area contributed by atoms with Crippen LogP contribution < -0.4 is 10.3 Å². The highest BCUT2D eigenvalue weighted by atomic mass is 32.2. The van der Waals surface area contributed by atoms with Crippen LogP contribution in [-0.2, 0) is 6.54 Å². The number of aryl methyl sites for hydroxylation is 1. The predicted octanol–water partition coefficient (Wildman–Crippen LogP) is 1.93. The van der Waals surface area contributed by atoms with Gasteiger partial charge in [-0.2, -0.15) is 16.7 Å². The third-order valence-electron chi connectivity index (χ3n) is 2.39. The molecule has 0 aliphatic carbocycles. The van der Waals surface area contributed by atoms with Crippen LogP contribution in [0.5, 0.6) is 10.9 Å². The van der Waals surface area contributed by atoms with Crippen LogP contribution in [0.3, 0.4) is 0 Å². The van der Waals surface area contributed by atoms with E-state index in [1.165, 1.54) is 17.4 Å². The normalized spacial score (nSPS) is 11.0. The number of pyridine rings is 1. The minimum absolute atomic E-state index is 0.0288. The summed E-state index contributed by atoms with van der Waals surface area (Å²) in [7, 11) is 0. The largest absolute Gasteiger partial charge is 0.506 e. The zero-order chi connectivity index (χ0) is 13.1. The summed E-state index contributed by atoms with van der Waals surface area (Å²) >= 11 is 2.91. The molecule has 0 bridgehead atoms. The fourth-order valence-corrected chi connectivity index (χ4v) is 2.85. The third kappa shape index (κ3) is 2.46. The molecule has 2 heterocycles. The van der Waals surface area contributed by atoms with Crippen LogP contribution in [0.2, 0.25) is 0 Å². The van der Waals surface area contributed by atoms with Crippen LogP contribution in [0.1, 0.15) is 6.92 Å². The molecule has 5 nitrogen and oxygen atoms in total. The highest BCUT2D eigenvalue weighted by Gasteiger charge is 2.14. The molecular weight excluding hydrogens is 272 g/mol. The van der Waals surface area contributed by atoms with Crippen molar-refractivity contribution in [2.75, 3.05) is 18.6 Å². The van der Waals surface area contributed by atoms with Crippen molar-refractivity contribution in [3.05, 3.63) is 16.4 Å². The van der Waals surface area contributed by atoms with Crippen LogP contribution >= 0.6 is 23.1 Å². The highest BCUT2D eigenvalue weighted by molar-refractivity contribution is 7.98. The number of rotatable bonds is 5. The molecule has 2 aromatic heterocycles. The number of thioether (sulfide) groups is 1. The van der Waals surface area contributed by atoms with Gasteiger partial charge in [0.1, 0.15) is 10.4 Å². The molecule has 0 aliphatic heterocycles. The zero-order valence-electron chi connectivity index (χ0n) is 10.2. The van der Waals surface area contributed by atoms with Crippen LogP contribution in [0, 0.1) is 0 Å². The lowest BCUT2D eigenvalue weighted by atomic mass is 10.4. The molecule has 7 heteroatoms. The standard InChI is InChI=1S/C11H14N2O3S2/c1-3-16-11-12-10-9(18-11)7(14)6-8(15)13(10)4-5-17-2/h6,14H,3-5H2,1-2H3. The van der Waals surface area contributed by atoms with Crippen molar-refractivity contribution in [2.24, 2.45) is 0 Å². The summed E-state index contributed by atoms with van der Waals surface area (Å²) in [5.74, 6) is 0.792. The fraction of sp³-hybridized carbons (Fsp3) is 0.455. The Bertz CT molecular complexity index is 606. The second-order valence-electron chi connectivity index (χ2n) is 3.58. The van der Waals surface area contributed by atoms with Crippen molar-refractivity contribution in [2.45, 2.75) is 13.5 Å². The van der Waals surface area contributed by atoms with Gasteiger partial charge < -0.3 is 9.84 Å². The SMILES string of the molecule is CCOc1nc2c(s1)c(O)cc(=O)n2CCSC. The molecule has 0 aromatic carbocycles. The second kappa shape index (κ2) is 5.62. The molecule has 0 saturated carbocycles. The van der Waals surface area contributed by atoms with Gasteiger partial charge >= 0.3 is 0 Å². The number of aromatic nitrogens is 2. The van der Waals surface area contributed by atoms with Gasteiger partial charge in [0.25, 0.3) is 10.8 Å². The minimum Gasteiger partial charge on any atom is -0.506 e. The van der Waals surface area contributed by atoms with Crippen molar-refractivity contribution in [3.63, 3.8) is 0 Å². The van der Waals surface area contributed by atoms with Gasteiger partial charge in [-0.15, -0.1) is 0 Å². The Morgan fingerprint density at radius 1 is 1.61 bits per heavy atom. The van der Waals surface area contributed by atoms with Crippen molar-refractivity contribution >= 4 is 33.4 Å². The maximum Gasteiger partial charge on any atom is 0.275 e. The van der Waals surface area contributed by atoms with E-state index < -0.39 is 0 Å². The van der Waals surface area contributed by atoms with Gasteiger partial charge in [0, 0.05) is 18.4 Å². The van der Waals surface area contributed by atoms with Crippen molar-refractivity contribution in [3.8, 4) is 10.9 Å². The lowest BCUT2D eigenvalue weighted by molar-refractivity contribution is 0.338. The first-order chi connectivity index (χ1) is 8.67. The Morgan fingerprint density at radius 2 is 2.39 bits per heavy atom. The molecule has 0 fully saturated rings. The van der Waals surface area contributed by atoms with Gasteiger partial charge in [0.15, 0.2) is 5.65 Å². The molecule has 0 unspecified atom stereocenters. The monoisotopic (exact) mass is 286 g/mol. The van der Waals surface area contributed by atoms with Gasteiger partial charge in [0.2, 0.25) is 0 Å². The molecule has 0 radical (unpaired) electrons. The molecule has 1 N–H and O–H groups in total. The van der Waals surface area contributed by atoms with Gasteiger partial charge in [-0.1, -0.05) is 11.3 Å². The van der Waals surface area contributed by atoms with E-state index in [9.17, 15) is 9.90 Å². The summed E-state index contributed by atoms with van der Waals surface area (Å²) in [4.78, 5) is 16.1. The first kappa shape index (κ1) is 13.2. The fourth-order valence-electron chi connectivity index (χ4n) is 1.59. The summed E-state index contributed by atoms with van der Waals surface area (Å²) < 4.78 is 7.49. The van der Waals surface area contributed by atoms with Crippen LogP contribution in [0.15, 0.2) is 10.9 Å². The molecule has 98 valence electrons. The van der Waals surface area contributed by atoms with Crippen molar-refractivity contribution in [1.82, 2.24) is 9.55 Å². The number of hydrogen-bond acceptors (Lipinski definition) is 6. The van der Waals surface area contributed by atoms with E-state index in [2.05, 4.69) is 4.98 Å². The van der Waals surface area contributed by atoms with Crippen molar-refractivity contribution < 1.29 is 9.84 Å². The van der Waals surface area contributed by atoms with Gasteiger partial charge in [-0.3, -0.25) is 9.36 Å². The maximum atomic E-state index is 11.8. The Morgan fingerprint density at radius 3 is 3.06 bits per heavy atom. The Kier molecular flexibility index (Phi) is 4.13. The summed E-state index contributed by atoms with van der Waals surface area (Å²) in [6.45, 7) is 2.95. The number of aromatic hydroxyl groups is 1. The molecule has 0 atom stereocenters. The lowest BCUT2D eigenvalue weighted by Gasteiger charge is -2.05.